The van der Waals surface area contributed by atoms with Crippen LogP contribution in [0, 0.1) is 6.92 Å². The summed E-state index contributed by atoms with van der Waals surface area (Å²) in [7, 11) is 6.69. The fraction of sp³-hybridized carbons (Fsp3) is 0.625. The summed E-state index contributed by atoms with van der Waals surface area (Å²) >= 11 is 0. The number of benzene rings is 1. The van der Waals surface area contributed by atoms with Crippen molar-refractivity contribution in [3.63, 3.8) is 0 Å². The Morgan fingerprint density at radius 1 is 1.22 bits per heavy atom. The van der Waals surface area contributed by atoms with Gasteiger partial charge < -0.3 is 9.80 Å². The van der Waals surface area contributed by atoms with Gasteiger partial charge in [-0.05, 0) is 63.5 Å². The van der Waals surface area contributed by atoms with Gasteiger partial charge >= 0.3 is 0 Å². The maximum Gasteiger partial charge on any atom is 0.0345 e. The quantitative estimate of drug-likeness (QED) is 0.749. The van der Waals surface area contributed by atoms with Crippen LogP contribution in [0.2, 0.25) is 0 Å². The molecule has 0 aromatic heterocycles. The van der Waals surface area contributed by atoms with Crippen molar-refractivity contribution in [2.45, 2.75) is 38.3 Å². The highest BCUT2D eigenvalue weighted by molar-refractivity contribution is 5.46. The maximum atomic E-state index is 2.48. The molecule has 18 heavy (non-hydrogen) atoms. The lowest BCUT2D eigenvalue weighted by Crippen LogP contribution is -2.36. The van der Waals surface area contributed by atoms with Crippen molar-refractivity contribution in [3.05, 3.63) is 34.4 Å². The van der Waals surface area contributed by atoms with Gasteiger partial charge in [-0.25, -0.2) is 0 Å². The van der Waals surface area contributed by atoms with E-state index in [1.165, 1.54) is 24.9 Å². The second-order valence-electron chi connectivity index (χ2n) is 6.38. The zero-order valence-electron chi connectivity index (χ0n) is 12.0. The summed E-state index contributed by atoms with van der Waals surface area (Å²) in [6.07, 6.45) is 2.65. The molecule has 2 atom stereocenters. The lowest BCUT2D eigenvalue weighted by molar-refractivity contribution is 0.217. The van der Waals surface area contributed by atoms with E-state index in [9.17, 15) is 0 Å². The van der Waals surface area contributed by atoms with E-state index in [2.05, 4.69) is 50.0 Å². The molecular formula is C16H24N2. The highest BCUT2D eigenvalue weighted by Gasteiger charge is 2.33. The van der Waals surface area contributed by atoms with E-state index in [0.29, 0.717) is 6.04 Å². The van der Waals surface area contributed by atoms with Crippen LogP contribution >= 0.6 is 0 Å². The molecule has 1 aromatic carbocycles. The van der Waals surface area contributed by atoms with Crippen LogP contribution in [-0.4, -0.2) is 37.5 Å². The molecule has 0 bridgehead atoms. The van der Waals surface area contributed by atoms with Crippen LogP contribution < -0.4 is 0 Å². The summed E-state index contributed by atoms with van der Waals surface area (Å²) in [5.74, 6) is 0.769. The lowest BCUT2D eigenvalue weighted by atomic mass is 9.74. The fourth-order valence-electron chi connectivity index (χ4n) is 3.92. The van der Waals surface area contributed by atoms with Gasteiger partial charge in [-0.3, -0.25) is 0 Å². The van der Waals surface area contributed by atoms with Gasteiger partial charge in [0.05, 0.1) is 0 Å². The first-order valence-corrected chi connectivity index (χ1v) is 7.04. The molecule has 1 heterocycles. The molecule has 1 aliphatic carbocycles. The largest absolute Gasteiger partial charge is 0.302 e. The van der Waals surface area contributed by atoms with Gasteiger partial charge in [0.2, 0.25) is 0 Å². The molecule has 1 aromatic rings. The lowest BCUT2D eigenvalue weighted by Gasteiger charge is -2.41. The predicted octanol–water partition coefficient (Wildman–Crippen LogP) is 2.92. The summed E-state index contributed by atoms with van der Waals surface area (Å²) in [5, 5.41) is 0. The van der Waals surface area contributed by atoms with Crippen molar-refractivity contribution in [1.82, 2.24) is 9.80 Å². The molecule has 2 unspecified atom stereocenters. The molecule has 2 aliphatic rings. The Kier molecular flexibility index (Phi) is 2.95. The zero-order valence-corrected chi connectivity index (χ0v) is 12.0. The van der Waals surface area contributed by atoms with E-state index in [0.717, 1.165) is 12.5 Å². The van der Waals surface area contributed by atoms with Crippen molar-refractivity contribution < 1.29 is 0 Å². The Morgan fingerprint density at radius 2 is 2.00 bits per heavy atom. The van der Waals surface area contributed by atoms with Crippen LogP contribution in [-0.2, 0) is 6.54 Å². The third kappa shape index (κ3) is 1.88. The summed E-state index contributed by atoms with van der Waals surface area (Å²) in [6, 6.07) is 5.46. The number of hydrogen-bond donors (Lipinski definition) is 0. The fourth-order valence-corrected chi connectivity index (χ4v) is 3.92. The number of rotatable bonds is 1. The number of hydrogen-bond acceptors (Lipinski definition) is 2. The summed E-state index contributed by atoms with van der Waals surface area (Å²) < 4.78 is 0. The molecule has 2 heteroatoms. The van der Waals surface area contributed by atoms with Gasteiger partial charge in [-0.15, -0.1) is 0 Å². The molecule has 98 valence electrons. The zero-order chi connectivity index (χ0) is 12.9. The van der Waals surface area contributed by atoms with Crippen molar-refractivity contribution in [2.24, 2.45) is 0 Å². The summed E-state index contributed by atoms with van der Waals surface area (Å²) in [4.78, 5) is 4.87. The molecule has 0 radical (unpaired) electrons. The van der Waals surface area contributed by atoms with Crippen LogP contribution in [0.5, 0.6) is 0 Å². The highest BCUT2D eigenvalue weighted by atomic mass is 15.1. The van der Waals surface area contributed by atoms with Crippen molar-refractivity contribution in [2.75, 3.05) is 27.7 Å². The normalized spacial score (nSPS) is 27.4. The van der Waals surface area contributed by atoms with Crippen molar-refractivity contribution >= 4 is 0 Å². The smallest absolute Gasteiger partial charge is 0.0345 e. The second kappa shape index (κ2) is 4.36. The molecule has 0 saturated heterocycles. The van der Waals surface area contributed by atoms with Gasteiger partial charge in [0.25, 0.3) is 0 Å². The Labute approximate surface area is 111 Å². The molecule has 0 N–H and O–H groups in total. The first kappa shape index (κ1) is 12.2. The minimum absolute atomic E-state index is 0.623. The monoisotopic (exact) mass is 244 g/mol. The predicted molar refractivity (Wildman–Crippen MR) is 75.9 cm³/mol. The number of nitrogens with zero attached hydrogens (tertiary/aromatic N) is 2. The van der Waals surface area contributed by atoms with Crippen molar-refractivity contribution in [3.8, 4) is 0 Å². The topological polar surface area (TPSA) is 6.48 Å². The molecule has 0 spiro atoms. The molecular weight excluding hydrogens is 220 g/mol. The van der Waals surface area contributed by atoms with E-state index in [-0.39, 0.29) is 0 Å². The Balaban J connectivity index is 2.14. The Hall–Kier alpha value is -0.860. The first-order valence-electron chi connectivity index (χ1n) is 7.04. The minimum Gasteiger partial charge on any atom is -0.302 e. The van der Waals surface area contributed by atoms with Crippen LogP contribution in [0.4, 0.5) is 0 Å². The molecule has 1 aliphatic heterocycles. The Morgan fingerprint density at radius 3 is 2.72 bits per heavy atom. The first-order chi connectivity index (χ1) is 8.56. The van der Waals surface area contributed by atoms with E-state index in [1.807, 2.05) is 0 Å². The van der Waals surface area contributed by atoms with Gasteiger partial charge in [-0.2, -0.15) is 0 Å². The molecule has 2 nitrogen and oxygen atoms in total. The molecule has 3 rings (SSSR count). The number of aryl methyl sites for hydroxylation is 1. The summed E-state index contributed by atoms with van der Waals surface area (Å²) in [6.45, 7) is 4.60. The van der Waals surface area contributed by atoms with Crippen LogP contribution in [0.3, 0.4) is 0 Å². The van der Waals surface area contributed by atoms with Crippen molar-refractivity contribution in [1.29, 1.82) is 0 Å². The minimum atomic E-state index is 0.623. The van der Waals surface area contributed by atoms with Crippen LogP contribution in [0.25, 0.3) is 0 Å². The van der Waals surface area contributed by atoms with Gasteiger partial charge in [0.15, 0.2) is 0 Å². The average Bonchev–Trinajstić information content (AvgIpc) is 2.27. The van der Waals surface area contributed by atoms with E-state index >= 15 is 0 Å². The summed E-state index contributed by atoms with van der Waals surface area (Å²) in [5.41, 5.74) is 6.30. The van der Waals surface area contributed by atoms with E-state index in [1.54, 1.807) is 16.7 Å². The average molecular weight is 244 g/mol. The molecule has 0 saturated carbocycles. The van der Waals surface area contributed by atoms with Crippen LogP contribution in [0.1, 0.15) is 47.1 Å². The van der Waals surface area contributed by atoms with E-state index < -0.39 is 0 Å². The maximum absolute atomic E-state index is 2.48. The highest BCUT2D eigenvalue weighted by Crippen LogP contribution is 2.44. The standard InChI is InChI=1S/C16H24N2/c1-11-7-13-10-18(4)9-12-5-6-15(17(2)3)14(8-11)16(12)13/h7-8,12,15H,5-6,9-10H2,1-4H3. The van der Waals surface area contributed by atoms with Gasteiger partial charge in [-0.1, -0.05) is 17.7 Å². The molecule has 0 amide bonds. The Bertz CT molecular complexity index is 464. The number of likely N-dealkylation sites (N-methyl/N-ethyl adjacent to an activating group) is 1. The third-order valence-electron chi connectivity index (χ3n) is 4.59. The van der Waals surface area contributed by atoms with E-state index in [4.69, 9.17) is 0 Å². The van der Waals surface area contributed by atoms with Gasteiger partial charge in [0, 0.05) is 19.1 Å². The molecule has 0 fully saturated rings. The SMILES string of the molecule is Cc1cc2c3c(c1)C(N(C)C)CCC3CN(C)C2. The van der Waals surface area contributed by atoms with Crippen LogP contribution in [0.15, 0.2) is 12.1 Å². The third-order valence-corrected chi connectivity index (χ3v) is 4.59. The van der Waals surface area contributed by atoms with Gasteiger partial charge in [0.1, 0.15) is 0 Å². The second-order valence-corrected chi connectivity index (χ2v) is 6.38.